The molecule has 156 valence electrons. The van der Waals surface area contributed by atoms with Crippen LogP contribution in [0.5, 0.6) is 0 Å². The predicted octanol–water partition coefficient (Wildman–Crippen LogP) is 3.89. The van der Waals surface area contributed by atoms with Crippen LogP contribution < -0.4 is 0 Å². The number of rotatable bonds is 6. The Morgan fingerprint density at radius 2 is 1.26 bits per heavy atom. The standard InChI is InChI=1S/C25H21NO5/c1-30-22(27)17-21-23(28)31-24(29)26(21)25(18-11-5-2-6-12-18,19-13-7-3-8-14-19)20-15-9-4-10-16-20/h2-16,21H,17H2,1H3/t21-/m0/s1. The summed E-state index contributed by atoms with van der Waals surface area (Å²) in [5, 5.41) is 0. The lowest BCUT2D eigenvalue weighted by Gasteiger charge is -2.43. The number of carbonyl (C=O) groups is 3. The van der Waals surface area contributed by atoms with Crippen molar-refractivity contribution in [3.63, 3.8) is 0 Å². The summed E-state index contributed by atoms with van der Waals surface area (Å²) in [6.07, 6.45) is -1.12. The molecule has 0 aliphatic carbocycles. The molecule has 1 heterocycles. The van der Waals surface area contributed by atoms with E-state index >= 15 is 0 Å². The SMILES string of the molecule is COC(=O)C[C@H]1C(=O)OC(=O)N1C(c1ccccc1)(c1ccccc1)c1ccccc1. The van der Waals surface area contributed by atoms with Gasteiger partial charge in [-0.2, -0.15) is 0 Å². The number of cyclic esters (lactones) is 2. The average molecular weight is 415 g/mol. The van der Waals surface area contributed by atoms with Crippen molar-refractivity contribution in [1.29, 1.82) is 0 Å². The molecule has 3 aromatic carbocycles. The lowest BCUT2D eigenvalue weighted by molar-refractivity contribution is -0.146. The Kier molecular flexibility index (Phi) is 5.54. The normalized spacial score (nSPS) is 16.2. The zero-order valence-electron chi connectivity index (χ0n) is 16.9. The third-order valence-corrected chi connectivity index (χ3v) is 5.49. The maximum absolute atomic E-state index is 13.2. The molecule has 4 rings (SSSR count). The van der Waals surface area contributed by atoms with Crippen molar-refractivity contribution in [2.45, 2.75) is 18.0 Å². The van der Waals surface area contributed by atoms with Gasteiger partial charge in [-0.3, -0.25) is 9.69 Å². The Hall–Kier alpha value is -3.93. The molecule has 1 aliphatic rings. The minimum absolute atomic E-state index is 0.310. The van der Waals surface area contributed by atoms with Crippen LogP contribution in [0.4, 0.5) is 4.79 Å². The van der Waals surface area contributed by atoms with Gasteiger partial charge in [0.15, 0.2) is 0 Å². The Morgan fingerprint density at radius 3 is 1.65 bits per heavy atom. The van der Waals surface area contributed by atoms with Gasteiger partial charge in [-0.15, -0.1) is 0 Å². The molecule has 0 radical (unpaired) electrons. The zero-order valence-corrected chi connectivity index (χ0v) is 16.9. The van der Waals surface area contributed by atoms with Crippen molar-refractivity contribution < 1.29 is 23.9 Å². The van der Waals surface area contributed by atoms with E-state index in [2.05, 4.69) is 0 Å². The number of hydrogen-bond acceptors (Lipinski definition) is 5. The molecule has 0 bridgehead atoms. The Balaban J connectivity index is 2.05. The first-order valence-electron chi connectivity index (χ1n) is 9.87. The van der Waals surface area contributed by atoms with Gasteiger partial charge in [-0.1, -0.05) is 91.0 Å². The quantitative estimate of drug-likeness (QED) is 0.347. The molecule has 1 saturated heterocycles. The molecule has 0 spiro atoms. The average Bonchev–Trinajstić information content (AvgIpc) is 3.09. The van der Waals surface area contributed by atoms with Crippen molar-refractivity contribution in [2.75, 3.05) is 7.11 Å². The van der Waals surface area contributed by atoms with Gasteiger partial charge >= 0.3 is 18.0 Å². The molecule has 1 amide bonds. The van der Waals surface area contributed by atoms with Crippen LogP contribution in [0.1, 0.15) is 23.1 Å². The number of carbonyl (C=O) groups excluding carboxylic acids is 3. The topological polar surface area (TPSA) is 72.9 Å². The fraction of sp³-hybridized carbons (Fsp3) is 0.160. The van der Waals surface area contributed by atoms with E-state index in [0.29, 0.717) is 0 Å². The highest BCUT2D eigenvalue weighted by Crippen LogP contribution is 2.46. The molecule has 0 saturated carbocycles. The minimum atomic E-state index is -1.20. The van der Waals surface area contributed by atoms with E-state index in [1.807, 2.05) is 91.0 Å². The third-order valence-electron chi connectivity index (χ3n) is 5.49. The molecule has 31 heavy (non-hydrogen) atoms. The second-order valence-electron chi connectivity index (χ2n) is 7.16. The van der Waals surface area contributed by atoms with Crippen LogP contribution in [-0.2, 0) is 24.6 Å². The van der Waals surface area contributed by atoms with E-state index in [4.69, 9.17) is 9.47 Å². The number of ether oxygens (including phenoxy) is 2. The van der Waals surface area contributed by atoms with Crippen LogP contribution in [-0.4, -0.2) is 36.1 Å². The van der Waals surface area contributed by atoms with Gasteiger partial charge < -0.3 is 9.47 Å². The molecular weight excluding hydrogens is 394 g/mol. The number of esters is 2. The summed E-state index contributed by atoms with van der Waals surface area (Å²) in [5.74, 6) is -1.38. The molecule has 1 fully saturated rings. The number of hydrogen-bond donors (Lipinski definition) is 0. The summed E-state index contributed by atoms with van der Waals surface area (Å²) in [4.78, 5) is 39.4. The molecule has 1 aliphatic heterocycles. The predicted molar refractivity (Wildman–Crippen MR) is 113 cm³/mol. The number of benzene rings is 3. The molecule has 6 heteroatoms. The van der Waals surface area contributed by atoms with E-state index in [0.717, 1.165) is 16.7 Å². The smallest absolute Gasteiger partial charge is 0.419 e. The minimum Gasteiger partial charge on any atom is -0.469 e. The fourth-order valence-electron chi connectivity index (χ4n) is 4.18. The summed E-state index contributed by atoms with van der Waals surface area (Å²) < 4.78 is 9.83. The third kappa shape index (κ3) is 3.46. The first-order valence-corrected chi connectivity index (χ1v) is 9.87. The van der Waals surface area contributed by atoms with Gasteiger partial charge in [-0.05, 0) is 16.7 Å². The van der Waals surface area contributed by atoms with Gasteiger partial charge in [0.25, 0.3) is 0 Å². The molecule has 0 unspecified atom stereocenters. The Labute approximate surface area is 180 Å². The molecular formula is C25H21NO5. The summed E-state index contributed by atoms with van der Waals surface area (Å²) in [6.45, 7) is 0. The highest BCUT2D eigenvalue weighted by atomic mass is 16.6. The second-order valence-corrected chi connectivity index (χ2v) is 7.16. The zero-order chi connectivity index (χ0) is 21.8. The summed E-state index contributed by atoms with van der Waals surface area (Å²) in [5.41, 5.74) is 1.07. The monoisotopic (exact) mass is 415 g/mol. The van der Waals surface area contributed by atoms with Crippen molar-refractivity contribution in [3.8, 4) is 0 Å². The van der Waals surface area contributed by atoms with E-state index < -0.39 is 29.6 Å². The van der Waals surface area contributed by atoms with Crippen LogP contribution in [0, 0.1) is 0 Å². The van der Waals surface area contributed by atoms with Crippen molar-refractivity contribution in [2.24, 2.45) is 0 Å². The van der Waals surface area contributed by atoms with Gasteiger partial charge in [0, 0.05) is 0 Å². The lowest BCUT2D eigenvalue weighted by atomic mass is 9.75. The van der Waals surface area contributed by atoms with Gasteiger partial charge in [-0.25, -0.2) is 9.59 Å². The van der Waals surface area contributed by atoms with E-state index in [1.54, 1.807) is 0 Å². The van der Waals surface area contributed by atoms with Crippen LogP contribution in [0.25, 0.3) is 0 Å². The Morgan fingerprint density at radius 1 is 0.839 bits per heavy atom. The Bertz CT molecular complexity index is 986. The molecule has 1 atom stereocenters. The molecule has 3 aromatic rings. The van der Waals surface area contributed by atoms with E-state index in [9.17, 15) is 14.4 Å². The van der Waals surface area contributed by atoms with Crippen LogP contribution >= 0.6 is 0 Å². The molecule has 0 aromatic heterocycles. The van der Waals surface area contributed by atoms with Gasteiger partial charge in [0.05, 0.1) is 13.5 Å². The first-order chi connectivity index (χ1) is 15.1. The van der Waals surface area contributed by atoms with Gasteiger partial charge in [0.2, 0.25) is 0 Å². The van der Waals surface area contributed by atoms with Crippen LogP contribution in [0.2, 0.25) is 0 Å². The molecule has 0 N–H and O–H groups in total. The lowest BCUT2D eigenvalue weighted by Crippen LogP contribution is -2.53. The number of amides is 1. The van der Waals surface area contributed by atoms with Crippen molar-refractivity contribution in [1.82, 2.24) is 4.90 Å². The fourth-order valence-corrected chi connectivity index (χ4v) is 4.18. The van der Waals surface area contributed by atoms with E-state index in [1.165, 1.54) is 12.0 Å². The first kappa shape index (κ1) is 20.3. The van der Waals surface area contributed by atoms with Gasteiger partial charge in [0.1, 0.15) is 11.6 Å². The highest BCUT2D eigenvalue weighted by Gasteiger charge is 2.55. The van der Waals surface area contributed by atoms with Crippen LogP contribution in [0.15, 0.2) is 91.0 Å². The largest absolute Gasteiger partial charge is 0.469 e. The summed E-state index contributed by atoms with van der Waals surface area (Å²) in [7, 11) is 1.24. The summed E-state index contributed by atoms with van der Waals surface area (Å²) in [6, 6.07) is 27.1. The van der Waals surface area contributed by atoms with Crippen LogP contribution in [0.3, 0.4) is 0 Å². The molecule has 6 nitrogen and oxygen atoms in total. The summed E-state index contributed by atoms with van der Waals surface area (Å²) >= 11 is 0. The maximum atomic E-state index is 13.2. The number of methoxy groups -OCH3 is 1. The van der Waals surface area contributed by atoms with Crippen molar-refractivity contribution in [3.05, 3.63) is 108 Å². The highest BCUT2D eigenvalue weighted by molar-refractivity contribution is 5.98. The van der Waals surface area contributed by atoms with E-state index in [-0.39, 0.29) is 6.42 Å². The number of nitrogens with zero attached hydrogens (tertiary/aromatic N) is 1. The second kappa shape index (κ2) is 8.44. The maximum Gasteiger partial charge on any atom is 0.419 e. The van der Waals surface area contributed by atoms with Crippen molar-refractivity contribution >= 4 is 18.0 Å².